The molecule has 19 heavy (non-hydrogen) atoms. The zero-order valence-electron chi connectivity index (χ0n) is 9.89. The highest BCUT2D eigenvalue weighted by molar-refractivity contribution is 7.71. The first-order valence-corrected chi connectivity index (χ1v) is 6.25. The van der Waals surface area contributed by atoms with Crippen LogP contribution in [0.1, 0.15) is 5.82 Å². The number of benzene rings is 1. The van der Waals surface area contributed by atoms with Crippen molar-refractivity contribution in [2.75, 3.05) is 0 Å². The van der Waals surface area contributed by atoms with Crippen LogP contribution in [0.25, 0.3) is 11.0 Å². The van der Waals surface area contributed by atoms with Crippen molar-refractivity contribution in [1.82, 2.24) is 24.3 Å². The second-order valence-electron chi connectivity index (χ2n) is 4.16. The van der Waals surface area contributed by atoms with E-state index in [1.165, 1.54) is 12.1 Å². The van der Waals surface area contributed by atoms with E-state index in [9.17, 15) is 4.39 Å². The highest BCUT2D eigenvalue weighted by Gasteiger charge is 2.11. The Morgan fingerprint density at radius 1 is 1.47 bits per heavy atom. The molecule has 0 bridgehead atoms. The number of H-pyrrole nitrogens is 1. The second-order valence-corrected chi connectivity index (χ2v) is 4.95. The molecule has 0 aliphatic carbocycles. The van der Waals surface area contributed by atoms with Crippen LogP contribution in [0, 0.1) is 10.6 Å². The van der Waals surface area contributed by atoms with Gasteiger partial charge in [0.2, 0.25) is 0 Å². The normalized spacial score (nSPS) is 11.3. The van der Waals surface area contributed by atoms with Crippen molar-refractivity contribution in [1.29, 1.82) is 0 Å². The van der Waals surface area contributed by atoms with E-state index in [4.69, 9.17) is 23.8 Å². The topological polar surface area (TPSA) is 51.4 Å². The Kier molecular flexibility index (Phi) is 2.87. The standard InChI is InChI=1S/C11H9ClFN5S/c1-17-5-14-16-10(17)4-18-9-3-7(13)6(12)2-8(9)15-11(18)19/h2-3,5H,4H2,1H3,(H,15,19). The second kappa shape index (κ2) is 4.43. The van der Waals surface area contributed by atoms with Crippen LogP contribution in [0.15, 0.2) is 18.5 Å². The summed E-state index contributed by atoms with van der Waals surface area (Å²) in [6.07, 6.45) is 1.60. The summed E-state index contributed by atoms with van der Waals surface area (Å²) >= 11 is 11.0. The van der Waals surface area contributed by atoms with Crippen LogP contribution in [-0.4, -0.2) is 24.3 Å². The van der Waals surface area contributed by atoms with Crippen molar-refractivity contribution in [3.63, 3.8) is 0 Å². The molecule has 0 amide bonds. The van der Waals surface area contributed by atoms with Crippen molar-refractivity contribution in [2.24, 2.45) is 7.05 Å². The van der Waals surface area contributed by atoms with E-state index in [0.717, 1.165) is 5.82 Å². The molecule has 0 aliphatic rings. The van der Waals surface area contributed by atoms with Gasteiger partial charge in [-0.25, -0.2) is 4.39 Å². The van der Waals surface area contributed by atoms with Gasteiger partial charge in [-0.3, -0.25) is 0 Å². The molecule has 0 fully saturated rings. The molecule has 2 aromatic heterocycles. The molecule has 3 aromatic rings. The number of imidazole rings is 1. The van der Waals surface area contributed by atoms with Gasteiger partial charge in [-0.05, 0) is 18.3 Å². The fourth-order valence-corrected chi connectivity index (χ4v) is 2.34. The molecule has 5 nitrogen and oxygen atoms in total. The van der Waals surface area contributed by atoms with Gasteiger partial charge in [0, 0.05) is 13.1 Å². The summed E-state index contributed by atoms with van der Waals surface area (Å²) in [6.45, 7) is 0.413. The number of hydrogen-bond acceptors (Lipinski definition) is 3. The van der Waals surface area contributed by atoms with E-state index >= 15 is 0 Å². The van der Waals surface area contributed by atoms with Crippen molar-refractivity contribution in [3.8, 4) is 0 Å². The van der Waals surface area contributed by atoms with Crippen LogP contribution in [0.4, 0.5) is 4.39 Å². The minimum Gasteiger partial charge on any atom is -0.331 e. The number of rotatable bonds is 2. The predicted octanol–water partition coefficient (Wildman–Crippen LogP) is 2.67. The monoisotopic (exact) mass is 297 g/mol. The Bertz CT molecular complexity index is 818. The van der Waals surface area contributed by atoms with Gasteiger partial charge in [-0.1, -0.05) is 11.6 Å². The number of aromatic amines is 1. The van der Waals surface area contributed by atoms with Gasteiger partial charge in [-0.15, -0.1) is 10.2 Å². The minimum atomic E-state index is -0.477. The molecule has 1 aromatic carbocycles. The fraction of sp³-hybridized carbons (Fsp3) is 0.182. The number of halogens is 2. The summed E-state index contributed by atoms with van der Waals surface area (Å²) in [7, 11) is 1.84. The van der Waals surface area contributed by atoms with Crippen LogP contribution in [0.3, 0.4) is 0 Å². The number of hydrogen-bond donors (Lipinski definition) is 1. The third kappa shape index (κ3) is 2.04. The first-order valence-electron chi connectivity index (χ1n) is 5.46. The van der Waals surface area contributed by atoms with Crippen molar-refractivity contribution < 1.29 is 4.39 Å². The quantitative estimate of drug-likeness (QED) is 0.740. The molecule has 0 aliphatic heterocycles. The predicted molar refractivity (Wildman–Crippen MR) is 72.2 cm³/mol. The molecule has 0 atom stereocenters. The summed E-state index contributed by atoms with van der Waals surface area (Å²) in [4.78, 5) is 3.00. The van der Waals surface area contributed by atoms with Crippen molar-refractivity contribution in [3.05, 3.63) is 39.9 Å². The lowest BCUT2D eigenvalue weighted by atomic mass is 10.3. The summed E-state index contributed by atoms with van der Waals surface area (Å²) in [5.41, 5.74) is 1.34. The summed E-state index contributed by atoms with van der Waals surface area (Å²) in [6, 6.07) is 2.88. The zero-order valence-corrected chi connectivity index (χ0v) is 11.5. The maximum Gasteiger partial charge on any atom is 0.178 e. The van der Waals surface area contributed by atoms with Gasteiger partial charge < -0.3 is 14.1 Å². The average Bonchev–Trinajstić information content (AvgIpc) is 2.88. The van der Waals surface area contributed by atoms with Gasteiger partial charge in [0.1, 0.15) is 12.1 Å². The molecule has 2 heterocycles. The first-order chi connectivity index (χ1) is 9.06. The van der Waals surface area contributed by atoms with Gasteiger partial charge in [0.05, 0.1) is 22.6 Å². The van der Waals surface area contributed by atoms with Crippen molar-refractivity contribution in [2.45, 2.75) is 6.54 Å². The number of aryl methyl sites for hydroxylation is 1. The lowest BCUT2D eigenvalue weighted by Gasteiger charge is -2.04. The maximum atomic E-state index is 13.6. The molecule has 0 spiro atoms. The van der Waals surface area contributed by atoms with Crippen LogP contribution in [-0.2, 0) is 13.6 Å². The molecule has 8 heteroatoms. The number of nitrogens with zero attached hydrogens (tertiary/aromatic N) is 4. The van der Waals surface area contributed by atoms with Crippen molar-refractivity contribution >= 4 is 34.9 Å². The first kappa shape index (κ1) is 12.3. The Hall–Kier alpha value is -1.73. The zero-order chi connectivity index (χ0) is 13.6. The van der Waals surface area contributed by atoms with Crippen LogP contribution in [0.2, 0.25) is 5.02 Å². The van der Waals surface area contributed by atoms with Gasteiger partial charge in [-0.2, -0.15) is 0 Å². The minimum absolute atomic E-state index is 0.0644. The largest absolute Gasteiger partial charge is 0.331 e. The lowest BCUT2D eigenvalue weighted by molar-refractivity contribution is 0.628. The molecule has 1 N–H and O–H groups in total. The van der Waals surface area contributed by atoms with E-state index in [-0.39, 0.29) is 5.02 Å². The third-order valence-corrected chi connectivity index (χ3v) is 3.53. The number of fused-ring (bicyclic) bond motifs is 1. The lowest BCUT2D eigenvalue weighted by Crippen LogP contribution is -2.06. The van der Waals surface area contributed by atoms with Crippen LogP contribution >= 0.6 is 23.8 Å². The Balaban J connectivity index is 2.18. The van der Waals surface area contributed by atoms with Crippen LogP contribution < -0.4 is 0 Å². The molecule has 0 saturated carbocycles. The SMILES string of the molecule is Cn1cnnc1Cn1c(=S)[nH]c2cc(Cl)c(F)cc21. The highest BCUT2D eigenvalue weighted by atomic mass is 35.5. The summed E-state index contributed by atoms with van der Waals surface area (Å²) in [5, 5.41) is 7.86. The Morgan fingerprint density at radius 3 is 2.95 bits per heavy atom. The maximum absolute atomic E-state index is 13.6. The number of nitrogens with one attached hydrogen (secondary N) is 1. The third-order valence-electron chi connectivity index (χ3n) is 2.92. The van der Waals surface area contributed by atoms with Crippen LogP contribution in [0.5, 0.6) is 0 Å². The molecule has 3 rings (SSSR count). The Labute approximate surface area is 117 Å². The summed E-state index contributed by atoms with van der Waals surface area (Å²) < 4.78 is 17.6. The van der Waals surface area contributed by atoms with E-state index in [0.29, 0.717) is 22.3 Å². The fourth-order valence-electron chi connectivity index (χ4n) is 1.90. The molecule has 98 valence electrons. The summed E-state index contributed by atoms with van der Waals surface area (Å²) in [5.74, 6) is 0.252. The van der Waals surface area contributed by atoms with E-state index in [1.807, 2.05) is 7.05 Å². The smallest absolute Gasteiger partial charge is 0.178 e. The Morgan fingerprint density at radius 2 is 2.26 bits per heavy atom. The molecular formula is C11H9ClFN5S. The molecule has 0 saturated heterocycles. The van der Waals surface area contributed by atoms with Gasteiger partial charge in [0.25, 0.3) is 0 Å². The average molecular weight is 298 g/mol. The molecule has 0 unspecified atom stereocenters. The van der Waals surface area contributed by atoms with E-state index < -0.39 is 5.82 Å². The number of aromatic nitrogens is 5. The highest BCUT2D eigenvalue weighted by Crippen LogP contribution is 2.23. The molecule has 0 radical (unpaired) electrons. The molecular weight excluding hydrogens is 289 g/mol. The van der Waals surface area contributed by atoms with Gasteiger partial charge in [0.15, 0.2) is 10.6 Å². The van der Waals surface area contributed by atoms with Gasteiger partial charge >= 0.3 is 0 Å². The van der Waals surface area contributed by atoms with E-state index in [1.54, 1.807) is 15.5 Å². The van der Waals surface area contributed by atoms with E-state index in [2.05, 4.69) is 15.2 Å².